The minimum Gasteiger partial charge on any atom is -0.459 e. The number of hydrogen-bond acceptors (Lipinski definition) is 4. The van der Waals surface area contributed by atoms with Crippen molar-refractivity contribution >= 4 is 5.97 Å². The van der Waals surface area contributed by atoms with Gasteiger partial charge in [-0.2, -0.15) is 0 Å². The molecule has 0 N–H and O–H groups in total. The van der Waals surface area contributed by atoms with E-state index >= 15 is 0 Å². The van der Waals surface area contributed by atoms with Gasteiger partial charge >= 0.3 is 5.97 Å². The largest absolute Gasteiger partial charge is 0.459 e. The van der Waals surface area contributed by atoms with Gasteiger partial charge in [0.15, 0.2) is 6.29 Å². The predicted octanol–water partition coefficient (Wildman–Crippen LogP) is 2.02. The van der Waals surface area contributed by atoms with E-state index in [0.717, 1.165) is 18.4 Å². The van der Waals surface area contributed by atoms with E-state index in [9.17, 15) is 4.79 Å². The molecule has 1 aromatic carbocycles. The summed E-state index contributed by atoms with van der Waals surface area (Å²) in [6, 6.07) is 10.0. The molecule has 96 valence electrons. The number of ether oxygens (including phenoxy) is 3. The van der Waals surface area contributed by atoms with Crippen LogP contribution in [-0.2, 0) is 25.6 Å². The summed E-state index contributed by atoms with van der Waals surface area (Å²) in [4.78, 5) is 10.7. The third-order valence-corrected chi connectivity index (χ3v) is 3.36. The highest BCUT2D eigenvalue weighted by Crippen LogP contribution is 2.30. The highest BCUT2D eigenvalue weighted by molar-refractivity contribution is 5.75. The minimum absolute atomic E-state index is 0.0171. The van der Waals surface area contributed by atoms with Gasteiger partial charge in [-0.1, -0.05) is 30.3 Å². The molecule has 2 aliphatic rings. The molecule has 0 bridgehead atoms. The summed E-state index contributed by atoms with van der Waals surface area (Å²) < 4.78 is 16.5. The monoisotopic (exact) mass is 248 g/mol. The number of benzene rings is 1. The lowest BCUT2D eigenvalue weighted by Crippen LogP contribution is -2.42. The van der Waals surface area contributed by atoms with E-state index in [4.69, 9.17) is 14.2 Å². The number of carbonyl (C=O) groups is 1. The van der Waals surface area contributed by atoms with Crippen LogP contribution >= 0.6 is 0 Å². The molecule has 2 saturated heterocycles. The lowest BCUT2D eigenvalue weighted by molar-refractivity contribution is -0.200. The second-order valence-electron chi connectivity index (χ2n) is 4.71. The fraction of sp³-hybridized carbons (Fsp3) is 0.500. The Balaban J connectivity index is 1.44. The van der Waals surface area contributed by atoms with Crippen LogP contribution in [0, 0.1) is 0 Å². The van der Waals surface area contributed by atoms with Crippen molar-refractivity contribution < 1.29 is 19.0 Å². The summed E-state index contributed by atoms with van der Waals surface area (Å²) in [5.74, 6) is -0.128. The van der Waals surface area contributed by atoms with Gasteiger partial charge in [0.2, 0.25) is 0 Å². The first-order valence-corrected chi connectivity index (χ1v) is 6.32. The predicted molar refractivity (Wildman–Crippen MR) is 63.6 cm³/mol. The molecular weight excluding hydrogens is 232 g/mol. The number of carbonyl (C=O) groups excluding carboxylic acids is 1. The smallest absolute Gasteiger partial charge is 0.310 e. The first-order chi connectivity index (χ1) is 8.81. The Morgan fingerprint density at radius 2 is 1.94 bits per heavy atom. The average molecular weight is 248 g/mol. The number of esters is 1. The van der Waals surface area contributed by atoms with Gasteiger partial charge in [0.1, 0.15) is 6.10 Å². The van der Waals surface area contributed by atoms with Crippen LogP contribution in [0.4, 0.5) is 0 Å². The molecule has 0 spiro atoms. The average Bonchev–Trinajstić information content (AvgIpc) is 2.82. The zero-order chi connectivity index (χ0) is 12.4. The molecule has 4 heteroatoms. The third kappa shape index (κ3) is 2.54. The summed E-state index contributed by atoms with van der Waals surface area (Å²) in [7, 11) is 0. The zero-order valence-corrected chi connectivity index (χ0v) is 10.1. The highest BCUT2D eigenvalue weighted by atomic mass is 16.7. The van der Waals surface area contributed by atoms with Gasteiger partial charge in [-0.15, -0.1) is 0 Å². The second-order valence-corrected chi connectivity index (χ2v) is 4.71. The Labute approximate surface area is 106 Å². The van der Waals surface area contributed by atoms with Crippen molar-refractivity contribution in [2.75, 3.05) is 0 Å². The number of cyclic esters (lactones) is 1. The van der Waals surface area contributed by atoms with Gasteiger partial charge in [-0.3, -0.25) is 4.79 Å². The van der Waals surface area contributed by atoms with Crippen molar-refractivity contribution in [3.05, 3.63) is 35.9 Å². The maximum atomic E-state index is 10.7. The van der Waals surface area contributed by atoms with E-state index in [-0.39, 0.29) is 24.5 Å². The molecule has 0 aromatic heterocycles. The SMILES string of the molecule is O=C1C[C@H]([C@H]2CCC(OCc3ccccc3)O2)O1. The summed E-state index contributed by atoms with van der Waals surface area (Å²) in [6.45, 7) is 0.558. The molecule has 0 amide bonds. The van der Waals surface area contributed by atoms with E-state index in [2.05, 4.69) is 0 Å². The van der Waals surface area contributed by atoms with Crippen molar-refractivity contribution in [3.63, 3.8) is 0 Å². The summed E-state index contributed by atoms with van der Waals surface area (Å²) in [5, 5.41) is 0. The van der Waals surface area contributed by atoms with Gasteiger partial charge < -0.3 is 14.2 Å². The van der Waals surface area contributed by atoms with Gasteiger partial charge in [0.25, 0.3) is 0 Å². The molecule has 0 radical (unpaired) electrons. The van der Waals surface area contributed by atoms with Crippen LogP contribution in [0.2, 0.25) is 0 Å². The van der Waals surface area contributed by atoms with Crippen LogP contribution in [0.5, 0.6) is 0 Å². The van der Waals surface area contributed by atoms with Crippen LogP contribution in [0.3, 0.4) is 0 Å². The van der Waals surface area contributed by atoms with Crippen molar-refractivity contribution in [2.24, 2.45) is 0 Å². The Bertz CT molecular complexity index is 409. The van der Waals surface area contributed by atoms with Crippen molar-refractivity contribution in [1.82, 2.24) is 0 Å². The van der Waals surface area contributed by atoms with Gasteiger partial charge in [0, 0.05) is 6.42 Å². The van der Waals surface area contributed by atoms with Crippen LogP contribution < -0.4 is 0 Å². The zero-order valence-electron chi connectivity index (χ0n) is 10.1. The molecule has 0 saturated carbocycles. The van der Waals surface area contributed by atoms with Gasteiger partial charge in [0.05, 0.1) is 19.1 Å². The summed E-state index contributed by atoms with van der Waals surface area (Å²) in [5.41, 5.74) is 1.14. The maximum Gasteiger partial charge on any atom is 0.310 e. The fourth-order valence-corrected chi connectivity index (χ4v) is 2.32. The van der Waals surface area contributed by atoms with E-state index < -0.39 is 0 Å². The lowest BCUT2D eigenvalue weighted by Gasteiger charge is -2.30. The second kappa shape index (κ2) is 5.08. The maximum absolute atomic E-state index is 10.7. The van der Waals surface area contributed by atoms with E-state index in [0.29, 0.717) is 13.0 Å². The molecular formula is C14H16O4. The topological polar surface area (TPSA) is 44.8 Å². The van der Waals surface area contributed by atoms with Crippen LogP contribution in [0.15, 0.2) is 30.3 Å². The Kier molecular flexibility index (Phi) is 3.30. The van der Waals surface area contributed by atoms with Gasteiger partial charge in [-0.05, 0) is 12.0 Å². The Morgan fingerprint density at radius 3 is 2.67 bits per heavy atom. The minimum atomic E-state index is -0.172. The Morgan fingerprint density at radius 1 is 1.17 bits per heavy atom. The van der Waals surface area contributed by atoms with Crippen LogP contribution in [0.1, 0.15) is 24.8 Å². The van der Waals surface area contributed by atoms with Gasteiger partial charge in [-0.25, -0.2) is 0 Å². The first kappa shape index (κ1) is 11.7. The lowest BCUT2D eigenvalue weighted by atomic mass is 10.0. The van der Waals surface area contributed by atoms with Crippen LogP contribution in [0.25, 0.3) is 0 Å². The van der Waals surface area contributed by atoms with E-state index in [1.807, 2.05) is 30.3 Å². The van der Waals surface area contributed by atoms with Crippen molar-refractivity contribution in [2.45, 2.75) is 44.4 Å². The normalized spacial score (nSPS) is 30.9. The molecule has 2 fully saturated rings. The molecule has 3 atom stereocenters. The van der Waals surface area contributed by atoms with Crippen molar-refractivity contribution in [1.29, 1.82) is 0 Å². The summed E-state index contributed by atoms with van der Waals surface area (Å²) >= 11 is 0. The highest BCUT2D eigenvalue weighted by Gasteiger charge is 2.41. The number of hydrogen-bond donors (Lipinski definition) is 0. The van der Waals surface area contributed by atoms with Crippen LogP contribution in [-0.4, -0.2) is 24.5 Å². The molecule has 3 rings (SSSR count). The summed E-state index contributed by atoms with van der Waals surface area (Å²) in [6.07, 6.45) is 2.04. The molecule has 1 aromatic rings. The van der Waals surface area contributed by atoms with E-state index in [1.54, 1.807) is 0 Å². The standard InChI is InChI=1S/C14H16O4/c15-13-8-12(17-13)11-6-7-14(18-11)16-9-10-4-2-1-3-5-10/h1-5,11-12,14H,6-9H2/t11-,12-,14?/m1/s1. The molecule has 2 heterocycles. The van der Waals surface area contributed by atoms with E-state index in [1.165, 1.54) is 0 Å². The molecule has 4 nitrogen and oxygen atoms in total. The fourth-order valence-electron chi connectivity index (χ4n) is 2.32. The quantitative estimate of drug-likeness (QED) is 0.765. The first-order valence-electron chi connectivity index (χ1n) is 6.32. The number of rotatable bonds is 4. The Hall–Kier alpha value is -1.39. The van der Waals surface area contributed by atoms with Crippen molar-refractivity contribution in [3.8, 4) is 0 Å². The molecule has 18 heavy (non-hydrogen) atoms. The molecule has 1 unspecified atom stereocenters. The molecule has 2 aliphatic heterocycles. The molecule has 0 aliphatic carbocycles. The third-order valence-electron chi connectivity index (χ3n) is 3.36.